The molecule has 26 heavy (non-hydrogen) atoms. The summed E-state index contributed by atoms with van der Waals surface area (Å²) in [6.07, 6.45) is -15.1. The lowest BCUT2D eigenvalue weighted by atomic mass is 9.98. The molecule has 0 aromatic carbocycles. The van der Waals surface area contributed by atoms with Gasteiger partial charge in [-0.15, -0.1) is 0 Å². The molecule has 0 radical (unpaired) electrons. The van der Waals surface area contributed by atoms with Crippen LogP contribution in [0.2, 0.25) is 0 Å². The summed E-state index contributed by atoms with van der Waals surface area (Å²) in [5.41, 5.74) is 0. The predicted molar refractivity (Wildman–Crippen MR) is 85.6 cm³/mol. The van der Waals surface area contributed by atoms with Crippen LogP contribution in [-0.2, 0) is 14.3 Å². The summed E-state index contributed by atoms with van der Waals surface area (Å²) in [5, 5.41) is 71.0. The summed E-state index contributed by atoms with van der Waals surface area (Å²) in [6, 6.07) is 0. The van der Waals surface area contributed by atoms with Gasteiger partial charge in [-0.05, 0) is 13.3 Å². The van der Waals surface area contributed by atoms with Crippen LogP contribution in [0.1, 0.15) is 21.6 Å². The quantitative estimate of drug-likeness (QED) is 0.193. The van der Waals surface area contributed by atoms with Crippen LogP contribution < -0.4 is 5.32 Å². The normalized spacial score (nSPS) is 34.5. The number of aliphatic hydroxyl groups is 7. The summed E-state index contributed by atoms with van der Waals surface area (Å²) >= 11 is 0. The van der Waals surface area contributed by atoms with Gasteiger partial charge in [-0.1, -0.05) is 6.92 Å². The fourth-order valence-corrected chi connectivity index (χ4v) is 2.49. The first kappa shape index (κ1) is 21.4. The van der Waals surface area contributed by atoms with Crippen molar-refractivity contribution in [2.45, 2.75) is 75.4 Å². The average Bonchev–Trinajstić information content (AvgIpc) is 2.67. The molecule has 11 nitrogen and oxygen atoms in total. The SMILES string of the molecule is [2H]CCNC(=O)[C@@H](O[C@H]1O[C@H](CO)[C@@H](O)[C@H](O)[C@@H]1O)[C@@H](O)[C@H](O)[C@H](O)CC. The van der Waals surface area contributed by atoms with Gasteiger partial charge in [0.15, 0.2) is 12.4 Å². The number of nitrogens with one attached hydrogen (secondary N) is 1. The molecule has 1 aliphatic heterocycles. The maximum Gasteiger partial charge on any atom is 0.252 e. The molecule has 0 unspecified atom stereocenters. The summed E-state index contributed by atoms with van der Waals surface area (Å²) in [5.74, 6) is -0.950. The molecule has 0 saturated carbocycles. The van der Waals surface area contributed by atoms with Gasteiger partial charge < -0.3 is 50.5 Å². The minimum absolute atomic E-state index is 0.0688. The van der Waals surface area contributed by atoms with Crippen LogP contribution in [0.25, 0.3) is 0 Å². The Labute approximate surface area is 152 Å². The van der Waals surface area contributed by atoms with Crippen LogP contribution in [0.3, 0.4) is 0 Å². The second-order valence-corrected chi connectivity index (χ2v) is 6.00. The fraction of sp³-hybridized carbons (Fsp3) is 0.933. The molecule has 0 aromatic rings. The minimum Gasteiger partial charge on any atom is -0.394 e. The highest BCUT2D eigenvalue weighted by Gasteiger charge is 2.47. The van der Waals surface area contributed by atoms with Gasteiger partial charge in [-0.3, -0.25) is 4.79 Å². The molecular weight excluding hydrogens is 354 g/mol. The van der Waals surface area contributed by atoms with Crippen LogP contribution in [0.15, 0.2) is 0 Å². The molecular formula is C15H29NO10. The molecule has 1 aliphatic rings. The first-order valence-electron chi connectivity index (χ1n) is 8.97. The number of ether oxygens (including phenoxy) is 2. The molecule has 0 bridgehead atoms. The van der Waals surface area contributed by atoms with Crippen molar-refractivity contribution in [3.05, 3.63) is 0 Å². The van der Waals surface area contributed by atoms with E-state index in [-0.39, 0.29) is 19.9 Å². The minimum atomic E-state index is -1.93. The highest BCUT2D eigenvalue weighted by Crippen LogP contribution is 2.24. The Balaban J connectivity index is 2.99. The van der Waals surface area contributed by atoms with Gasteiger partial charge in [0.05, 0.1) is 12.7 Å². The summed E-state index contributed by atoms with van der Waals surface area (Å²) < 4.78 is 17.4. The Morgan fingerprint density at radius 2 is 1.85 bits per heavy atom. The first-order chi connectivity index (χ1) is 12.7. The van der Waals surface area contributed by atoms with Gasteiger partial charge in [0.1, 0.15) is 36.6 Å². The third-order valence-corrected chi connectivity index (χ3v) is 4.16. The van der Waals surface area contributed by atoms with Crippen LogP contribution in [-0.4, -0.2) is 110 Å². The van der Waals surface area contributed by atoms with Crippen molar-refractivity contribution in [1.29, 1.82) is 0 Å². The number of rotatable bonds is 9. The Kier molecular flexibility index (Phi) is 8.60. The smallest absolute Gasteiger partial charge is 0.252 e. The van der Waals surface area contributed by atoms with Gasteiger partial charge in [-0.2, -0.15) is 0 Å². The molecule has 1 saturated heterocycles. The third-order valence-electron chi connectivity index (χ3n) is 4.16. The topological polar surface area (TPSA) is 189 Å². The van der Waals surface area contributed by atoms with Crippen LogP contribution in [0, 0.1) is 0 Å². The van der Waals surface area contributed by atoms with Gasteiger partial charge in [-0.25, -0.2) is 0 Å². The monoisotopic (exact) mass is 384 g/mol. The molecule has 9 atom stereocenters. The molecule has 0 aliphatic carbocycles. The van der Waals surface area contributed by atoms with E-state index in [1.807, 2.05) is 0 Å². The standard InChI is InChI=1S/C15H29NO10/c1-3-6(18)8(19)11(22)13(14(24)16-4-2)26-15-12(23)10(21)9(20)7(5-17)25-15/h6-13,15,17-23H,3-5H2,1-2H3,(H,16,24)/t6-,7-,8-,9-,10+,11+,12+,13+,15-/m1/s1/i2D. The second-order valence-electron chi connectivity index (χ2n) is 6.00. The Morgan fingerprint density at radius 3 is 2.38 bits per heavy atom. The molecule has 0 aromatic heterocycles. The van der Waals surface area contributed by atoms with E-state index in [2.05, 4.69) is 5.32 Å². The molecule has 1 fully saturated rings. The molecule has 8 N–H and O–H groups in total. The Morgan fingerprint density at radius 1 is 1.19 bits per heavy atom. The fourth-order valence-electron chi connectivity index (χ4n) is 2.49. The summed E-state index contributed by atoms with van der Waals surface area (Å²) in [6.45, 7) is 0.551. The maximum absolute atomic E-state index is 12.3. The van der Waals surface area contributed by atoms with Crippen LogP contribution in [0.4, 0.5) is 0 Å². The lowest BCUT2D eigenvalue weighted by Crippen LogP contribution is -2.62. The van der Waals surface area contributed by atoms with Gasteiger partial charge in [0.25, 0.3) is 5.91 Å². The van der Waals surface area contributed by atoms with E-state index in [0.717, 1.165) is 0 Å². The number of likely N-dealkylation sites (N-methyl/N-ethyl adjacent to an activating group) is 1. The van der Waals surface area contributed by atoms with Crippen molar-refractivity contribution < 1.29 is 51.4 Å². The molecule has 1 rings (SSSR count). The first-order valence-corrected chi connectivity index (χ1v) is 8.26. The van der Waals surface area contributed by atoms with Gasteiger partial charge >= 0.3 is 0 Å². The lowest BCUT2D eigenvalue weighted by Gasteiger charge is -2.41. The van der Waals surface area contributed by atoms with E-state index in [1.54, 1.807) is 0 Å². The van der Waals surface area contributed by atoms with E-state index in [0.29, 0.717) is 0 Å². The van der Waals surface area contributed by atoms with E-state index in [9.17, 15) is 40.5 Å². The summed E-state index contributed by atoms with van der Waals surface area (Å²) in [7, 11) is 0. The number of carbonyl (C=O) groups excluding carboxylic acids is 1. The van der Waals surface area contributed by atoms with Crippen molar-refractivity contribution >= 4 is 5.91 Å². The molecule has 154 valence electrons. The second kappa shape index (κ2) is 10.4. The molecule has 11 heteroatoms. The zero-order valence-corrected chi connectivity index (χ0v) is 14.4. The van der Waals surface area contributed by atoms with Crippen LogP contribution >= 0.6 is 0 Å². The van der Waals surface area contributed by atoms with E-state index < -0.39 is 67.6 Å². The summed E-state index contributed by atoms with van der Waals surface area (Å²) in [4.78, 5) is 12.3. The molecule has 1 heterocycles. The van der Waals surface area contributed by atoms with E-state index in [1.165, 1.54) is 6.92 Å². The number of aliphatic hydroxyl groups excluding tert-OH is 7. The molecule has 1 amide bonds. The van der Waals surface area contributed by atoms with Crippen molar-refractivity contribution in [2.75, 3.05) is 13.2 Å². The third kappa shape index (κ3) is 5.31. The van der Waals surface area contributed by atoms with Crippen molar-refractivity contribution in [3.8, 4) is 0 Å². The Hall–Kier alpha value is -0.890. The maximum atomic E-state index is 12.3. The highest BCUT2D eigenvalue weighted by molar-refractivity contribution is 5.81. The largest absolute Gasteiger partial charge is 0.394 e. The predicted octanol–water partition coefficient (Wildman–Crippen LogP) is -4.20. The van der Waals surface area contributed by atoms with Gasteiger partial charge in [0.2, 0.25) is 0 Å². The lowest BCUT2D eigenvalue weighted by molar-refractivity contribution is -0.316. The number of carbonyl (C=O) groups is 1. The molecule has 0 spiro atoms. The van der Waals surface area contributed by atoms with Gasteiger partial charge in [0, 0.05) is 7.92 Å². The zero-order valence-electron chi connectivity index (χ0n) is 15.4. The average molecular weight is 384 g/mol. The van der Waals surface area contributed by atoms with E-state index in [4.69, 9.17) is 10.8 Å². The van der Waals surface area contributed by atoms with Crippen molar-refractivity contribution in [3.63, 3.8) is 0 Å². The Bertz CT molecular complexity index is 456. The van der Waals surface area contributed by atoms with E-state index >= 15 is 0 Å². The van der Waals surface area contributed by atoms with Crippen molar-refractivity contribution in [2.24, 2.45) is 0 Å². The van der Waals surface area contributed by atoms with Crippen LogP contribution in [0.5, 0.6) is 0 Å². The van der Waals surface area contributed by atoms with Crippen molar-refractivity contribution in [1.82, 2.24) is 5.32 Å². The zero-order chi connectivity index (χ0) is 20.7. The number of amides is 1. The number of hydrogen-bond donors (Lipinski definition) is 8. The highest BCUT2D eigenvalue weighted by atomic mass is 16.7. The number of hydrogen-bond acceptors (Lipinski definition) is 10.